The van der Waals surface area contributed by atoms with Gasteiger partial charge in [0.2, 0.25) is 0 Å². The van der Waals surface area contributed by atoms with E-state index in [1.165, 1.54) is 10.8 Å². The summed E-state index contributed by atoms with van der Waals surface area (Å²) in [5.41, 5.74) is 6.64. The molecule has 3 heterocycles. The first-order chi connectivity index (χ1) is 9.11. The first-order valence-electron chi connectivity index (χ1n) is 6.52. The van der Waals surface area contributed by atoms with Gasteiger partial charge in [-0.3, -0.25) is 14.8 Å². The summed E-state index contributed by atoms with van der Waals surface area (Å²) in [7, 11) is 0. The van der Waals surface area contributed by atoms with E-state index in [9.17, 15) is 4.79 Å². The van der Waals surface area contributed by atoms with Gasteiger partial charge in [0.05, 0.1) is 5.69 Å². The second-order valence-electron chi connectivity index (χ2n) is 5.40. The third kappa shape index (κ3) is 2.52. The fraction of sp³-hybridized carbons (Fsp3) is 0.583. The molecule has 102 valence electrons. The third-order valence-electron chi connectivity index (χ3n) is 3.47. The molecule has 2 aromatic rings. The van der Waals surface area contributed by atoms with Crippen molar-refractivity contribution < 1.29 is 0 Å². The zero-order valence-electron chi connectivity index (χ0n) is 10.9. The highest BCUT2D eigenvalue weighted by molar-refractivity contribution is 5.25. The Balaban J connectivity index is 1.83. The van der Waals surface area contributed by atoms with E-state index in [-0.39, 0.29) is 11.6 Å². The van der Waals surface area contributed by atoms with Crippen LogP contribution in [-0.2, 0) is 6.54 Å². The monoisotopic (exact) mass is 262 g/mol. The van der Waals surface area contributed by atoms with Crippen LogP contribution in [0.2, 0.25) is 0 Å². The van der Waals surface area contributed by atoms with Crippen molar-refractivity contribution in [2.45, 2.75) is 25.9 Å². The molecule has 19 heavy (non-hydrogen) atoms. The number of aromatic amines is 1. The van der Waals surface area contributed by atoms with E-state index in [4.69, 9.17) is 5.73 Å². The summed E-state index contributed by atoms with van der Waals surface area (Å²) in [6.45, 7) is 4.70. The highest BCUT2D eigenvalue weighted by Crippen LogP contribution is 2.16. The molecule has 1 fully saturated rings. The number of nitrogens with two attached hydrogens (primary N) is 1. The maximum Gasteiger partial charge on any atom is 0.274 e. The maximum atomic E-state index is 11.8. The van der Waals surface area contributed by atoms with Crippen LogP contribution in [0.15, 0.2) is 17.2 Å². The molecule has 0 spiro atoms. The van der Waals surface area contributed by atoms with E-state index in [0.717, 1.165) is 25.2 Å². The van der Waals surface area contributed by atoms with E-state index >= 15 is 0 Å². The van der Waals surface area contributed by atoms with Gasteiger partial charge in [-0.05, 0) is 12.3 Å². The SMILES string of the molecule is CC1CC(N)CN(Cc2cc(=O)n3[nH]cnc3n2)C1. The van der Waals surface area contributed by atoms with Crippen molar-refractivity contribution in [3.8, 4) is 0 Å². The Morgan fingerprint density at radius 3 is 3.16 bits per heavy atom. The molecule has 0 bridgehead atoms. The molecule has 0 aromatic carbocycles. The minimum absolute atomic E-state index is 0.133. The molecule has 7 heteroatoms. The van der Waals surface area contributed by atoms with Gasteiger partial charge in [0.25, 0.3) is 11.3 Å². The summed E-state index contributed by atoms with van der Waals surface area (Å²) >= 11 is 0. The molecule has 1 aliphatic heterocycles. The molecule has 0 aliphatic carbocycles. The molecule has 7 nitrogen and oxygen atoms in total. The van der Waals surface area contributed by atoms with Crippen molar-refractivity contribution in [3.05, 3.63) is 28.4 Å². The molecule has 0 saturated carbocycles. The summed E-state index contributed by atoms with van der Waals surface area (Å²) in [6, 6.07) is 1.76. The van der Waals surface area contributed by atoms with Gasteiger partial charge in [-0.25, -0.2) is 9.97 Å². The van der Waals surface area contributed by atoms with Gasteiger partial charge in [-0.2, -0.15) is 4.52 Å². The molecule has 3 rings (SSSR count). The van der Waals surface area contributed by atoms with Crippen LogP contribution in [0, 0.1) is 5.92 Å². The second-order valence-corrected chi connectivity index (χ2v) is 5.40. The zero-order valence-corrected chi connectivity index (χ0v) is 10.9. The van der Waals surface area contributed by atoms with Crippen molar-refractivity contribution in [2.75, 3.05) is 13.1 Å². The molecule has 2 atom stereocenters. The van der Waals surface area contributed by atoms with Crippen molar-refractivity contribution in [1.29, 1.82) is 0 Å². The molecule has 1 saturated heterocycles. The Morgan fingerprint density at radius 1 is 1.53 bits per heavy atom. The lowest BCUT2D eigenvalue weighted by molar-refractivity contribution is 0.157. The van der Waals surface area contributed by atoms with Crippen molar-refractivity contribution in [2.24, 2.45) is 11.7 Å². The number of H-pyrrole nitrogens is 1. The van der Waals surface area contributed by atoms with E-state index < -0.39 is 0 Å². The van der Waals surface area contributed by atoms with Crippen molar-refractivity contribution in [3.63, 3.8) is 0 Å². The average Bonchev–Trinajstić information content (AvgIpc) is 2.75. The first kappa shape index (κ1) is 12.3. The average molecular weight is 262 g/mol. The number of aromatic nitrogens is 4. The standard InChI is InChI=1S/C12H18N6O/c1-8-2-9(13)5-17(4-8)6-10-3-11(19)18-12(16-10)14-7-15-18/h3,7-9H,2,4-6,13H2,1H3,(H,14,15,16). The van der Waals surface area contributed by atoms with Crippen LogP contribution in [0.25, 0.3) is 5.78 Å². The number of nitrogens with one attached hydrogen (secondary N) is 1. The minimum Gasteiger partial charge on any atom is -0.327 e. The zero-order chi connectivity index (χ0) is 13.4. The Bertz CT molecular complexity index is 622. The number of piperidine rings is 1. The summed E-state index contributed by atoms with van der Waals surface area (Å²) in [5, 5.41) is 2.73. The van der Waals surface area contributed by atoms with E-state index in [0.29, 0.717) is 18.2 Å². The first-order valence-corrected chi connectivity index (χ1v) is 6.52. The molecule has 2 unspecified atom stereocenters. The van der Waals surface area contributed by atoms with Gasteiger partial charge in [-0.15, -0.1) is 0 Å². The number of rotatable bonds is 2. The number of nitrogens with zero attached hydrogens (tertiary/aromatic N) is 4. The van der Waals surface area contributed by atoms with Gasteiger partial charge < -0.3 is 5.73 Å². The summed E-state index contributed by atoms with van der Waals surface area (Å²) in [4.78, 5) is 22.5. The van der Waals surface area contributed by atoms with Gasteiger partial charge >= 0.3 is 0 Å². The van der Waals surface area contributed by atoms with Crippen LogP contribution < -0.4 is 11.3 Å². The summed E-state index contributed by atoms with van der Waals surface area (Å²) in [5.74, 6) is 0.996. The summed E-state index contributed by atoms with van der Waals surface area (Å²) < 4.78 is 1.33. The van der Waals surface area contributed by atoms with Crippen LogP contribution in [-0.4, -0.2) is 43.6 Å². The van der Waals surface area contributed by atoms with E-state index in [1.54, 1.807) is 6.07 Å². The maximum absolute atomic E-state index is 11.8. The number of hydrogen-bond donors (Lipinski definition) is 2. The quantitative estimate of drug-likeness (QED) is 0.767. The van der Waals surface area contributed by atoms with Gasteiger partial charge in [0, 0.05) is 31.7 Å². The normalized spacial score (nSPS) is 24.9. The highest BCUT2D eigenvalue weighted by atomic mass is 16.1. The number of hydrogen-bond acceptors (Lipinski definition) is 5. The molecule has 0 amide bonds. The molecule has 3 N–H and O–H groups in total. The predicted molar refractivity (Wildman–Crippen MR) is 70.6 cm³/mol. The Labute approximate surface area is 110 Å². The predicted octanol–water partition coefficient (Wildman–Crippen LogP) is -0.413. The Morgan fingerprint density at radius 2 is 2.37 bits per heavy atom. The van der Waals surface area contributed by atoms with Crippen LogP contribution in [0.4, 0.5) is 0 Å². The molecular formula is C12H18N6O. The second kappa shape index (κ2) is 4.75. The number of fused-ring (bicyclic) bond motifs is 1. The highest BCUT2D eigenvalue weighted by Gasteiger charge is 2.22. The molecule has 1 aliphatic rings. The Kier molecular flexibility index (Phi) is 3.08. The lowest BCUT2D eigenvalue weighted by atomic mass is 9.96. The lowest BCUT2D eigenvalue weighted by Crippen LogP contribution is -2.46. The van der Waals surface area contributed by atoms with E-state index in [1.807, 2.05) is 0 Å². The van der Waals surface area contributed by atoms with Crippen molar-refractivity contribution >= 4 is 5.78 Å². The van der Waals surface area contributed by atoms with Crippen LogP contribution in [0.5, 0.6) is 0 Å². The summed E-state index contributed by atoms with van der Waals surface area (Å²) in [6.07, 6.45) is 2.53. The Hall–Kier alpha value is -1.73. The molecule has 0 radical (unpaired) electrons. The molecular weight excluding hydrogens is 244 g/mol. The minimum atomic E-state index is -0.133. The topological polar surface area (TPSA) is 92.3 Å². The fourth-order valence-electron chi connectivity index (χ4n) is 2.82. The van der Waals surface area contributed by atoms with Gasteiger partial charge in [-0.1, -0.05) is 6.92 Å². The number of likely N-dealkylation sites (tertiary alicyclic amines) is 1. The third-order valence-corrected chi connectivity index (χ3v) is 3.47. The van der Waals surface area contributed by atoms with Crippen LogP contribution in [0.3, 0.4) is 0 Å². The smallest absolute Gasteiger partial charge is 0.274 e. The largest absolute Gasteiger partial charge is 0.327 e. The molecule has 2 aromatic heterocycles. The van der Waals surface area contributed by atoms with Gasteiger partial charge in [0.1, 0.15) is 6.33 Å². The van der Waals surface area contributed by atoms with Gasteiger partial charge in [0.15, 0.2) is 0 Å². The van der Waals surface area contributed by atoms with Crippen LogP contribution >= 0.6 is 0 Å². The fourth-order valence-corrected chi connectivity index (χ4v) is 2.82. The van der Waals surface area contributed by atoms with E-state index in [2.05, 4.69) is 26.9 Å². The lowest BCUT2D eigenvalue weighted by Gasteiger charge is -2.34. The van der Waals surface area contributed by atoms with Crippen LogP contribution in [0.1, 0.15) is 19.0 Å². The van der Waals surface area contributed by atoms with Crippen molar-refractivity contribution in [1.82, 2.24) is 24.5 Å².